The first-order valence-corrected chi connectivity index (χ1v) is 50.2. The van der Waals surface area contributed by atoms with Gasteiger partial charge >= 0.3 is 11.6 Å². The highest BCUT2D eigenvalue weighted by molar-refractivity contribution is 7.90. The number of nitrogens with zero attached hydrogens (tertiary/aromatic N) is 10. The highest BCUT2D eigenvalue weighted by Gasteiger charge is 2.56. The van der Waals surface area contributed by atoms with Crippen molar-refractivity contribution in [3.8, 4) is 0 Å². The minimum Gasteiger partial charge on any atom is -0.360 e. The zero-order valence-electron chi connectivity index (χ0n) is 72.3. The summed E-state index contributed by atoms with van der Waals surface area (Å²) in [6.45, 7) is 21.1. The average Bonchev–Trinajstić information content (AvgIpc) is 1.50. The molecular weight excluding hydrogens is 1710 g/mol. The molecule has 1 atom stereocenters. The predicted molar refractivity (Wildman–Crippen MR) is 468 cm³/mol. The first-order chi connectivity index (χ1) is 59.6. The molecule has 10 heterocycles. The number of rotatable bonds is 21. The van der Waals surface area contributed by atoms with Crippen molar-refractivity contribution in [3.63, 3.8) is 0 Å². The van der Waals surface area contributed by atoms with Crippen LogP contribution < -0.4 is 21.3 Å². The second kappa shape index (κ2) is 40.9. The fourth-order valence-electron chi connectivity index (χ4n) is 18.7. The van der Waals surface area contributed by atoms with Crippen LogP contribution in [-0.4, -0.2) is 298 Å². The minimum atomic E-state index is -3.81. The van der Waals surface area contributed by atoms with E-state index in [-0.39, 0.29) is 62.1 Å². The van der Waals surface area contributed by atoms with Crippen molar-refractivity contribution in [2.24, 2.45) is 17.8 Å². The van der Waals surface area contributed by atoms with Gasteiger partial charge in [-0.1, -0.05) is 72.3 Å². The number of ketones is 2. The summed E-state index contributed by atoms with van der Waals surface area (Å²) in [4.78, 5) is 69.6. The molecule has 2 amide bonds. The number of ether oxygens (including phenoxy) is 3. The fourth-order valence-corrected chi connectivity index (χ4v) is 25.3. The molecule has 5 aromatic rings. The van der Waals surface area contributed by atoms with E-state index in [1.165, 1.54) is 128 Å². The maximum atomic E-state index is 13.6. The van der Waals surface area contributed by atoms with Crippen LogP contribution in [0.3, 0.4) is 0 Å². The molecule has 125 heavy (non-hydrogen) atoms. The lowest BCUT2D eigenvalue weighted by Crippen LogP contribution is -2.59. The SMILES string of the molecule is CC(=O)c1ccc(S(=O)(=O)N2CC(=O)NC23CCNCC3)cc1.CC(=O)c1ccc(S(=O)(=O)N2CC(CN(C)C)OC23CCN(CC2CC2)CC3)cc1.Cc1ccc(S(=O)(=O)N2CCOC23CCN(CC2CC2)CC3)cc1.O=C1CN(Cc2ccccc2)C2(CCN(CC3CC3)CC2)N1.O=S=O.O=[N+]([O-])c1ccc(S(=O)(=O)N2CCC3(CC2)NCCCO3)cc1. The van der Waals surface area contributed by atoms with Crippen molar-refractivity contribution in [2.75, 3.05) is 152 Å². The van der Waals surface area contributed by atoms with Gasteiger partial charge in [0.15, 0.2) is 11.6 Å². The van der Waals surface area contributed by atoms with Gasteiger partial charge in [-0.3, -0.25) is 39.5 Å². The van der Waals surface area contributed by atoms with Crippen molar-refractivity contribution in [3.05, 3.63) is 160 Å². The number of likely N-dealkylation sites (tertiary alicyclic amines) is 3. The topological polar surface area (TPSA) is 387 Å². The van der Waals surface area contributed by atoms with Crippen molar-refractivity contribution in [1.82, 2.24) is 63.0 Å². The number of hydrogen-bond acceptors (Lipinski definition) is 26. The lowest BCUT2D eigenvalue weighted by Gasteiger charge is -2.44. The van der Waals surface area contributed by atoms with Crippen LogP contribution in [0, 0.1) is 34.8 Å². The summed E-state index contributed by atoms with van der Waals surface area (Å²) >= 11 is -0.750. The van der Waals surface area contributed by atoms with Crippen LogP contribution >= 0.6 is 0 Å². The van der Waals surface area contributed by atoms with E-state index >= 15 is 0 Å². The molecule has 18 rings (SSSR count). The fraction of sp³-hybridized carbons (Fsp3) is 0.609. The Morgan fingerprint density at radius 1 is 0.512 bits per heavy atom. The minimum absolute atomic E-state index is 0.0750. The molecular formula is C87H122N14O19S5. The van der Waals surface area contributed by atoms with Crippen molar-refractivity contribution in [2.45, 2.75) is 191 Å². The van der Waals surface area contributed by atoms with Gasteiger partial charge in [0.2, 0.25) is 51.9 Å². The molecule has 3 saturated carbocycles. The Balaban J connectivity index is 0.000000133. The number of carbonyl (C=O) groups excluding carboxylic acids is 4. The summed E-state index contributed by atoms with van der Waals surface area (Å²) in [5, 5.41) is 23.3. The second-order valence-electron chi connectivity index (χ2n) is 35.7. The van der Waals surface area contributed by atoms with Crippen molar-refractivity contribution in [1.29, 1.82) is 0 Å². The zero-order valence-corrected chi connectivity index (χ0v) is 76.4. The number of nitro groups is 1. The Hall–Kier alpha value is -7.16. The van der Waals surface area contributed by atoms with Crippen LogP contribution in [-0.2, 0) is 82.0 Å². The smallest absolute Gasteiger partial charge is 0.335 e. The predicted octanol–water partition coefficient (Wildman–Crippen LogP) is 6.59. The molecule has 5 aromatic carbocycles. The largest absolute Gasteiger partial charge is 0.360 e. The van der Waals surface area contributed by atoms with Gasteiger partial charge in [-0.25, -0.2) is 33.7 Å². The van der Waals surface area contributed by atoms with Gasteiger partial charge in [0.25, 0.3) is 5.69 Å². The molecule has 13 fully saturated rings. The number of carbonyl (C=O) groups is 4. The first-order valence-electron chi connectivity index (χ1n) is 43.8. The number of nitrogens with one attached hydrogen (secondary N) is 4. The number of aryl methyl sites for hydroxylation is 1. The maximum absolute atomic E-state index is 13.6. The molecule has 0 radical (unpaired) electrons. The molecule has 684 valence electrons. The molecule has 33 nitrogen and oxygen atoms in total. The standard InChI is InChI=1S/C22H33N3O4S.C18H25N3O.C18H26N2O3S.C15H19N3O4S.C14H19N3O5S.O2S/c1-17(26)19-6-8-21(9-7-19)30(27,28)25-16-20(15-23(2)3)29-22(25)10-12-24(13-11-22)14-18-4-5-18;22-17-14-21(13-15-4-2-1-3-5-15)18(19-17)8-10-20(11-9-18)12-16-6-7-16;1-15-2-6-17(7-3-15)24(21,22)20-12-13-23-18(20)8-10-19(11-9-18)14-16-4-5-16;1-11(19)12-2-4-13(5-3-12)23(21,22)18-10-14(20)17-15(18)6-8-16-9-7-15;18-17(19)12-2-4-13(5-3-12)23(20,21)16-9-6-14(7-10-16)15-8-1-11-22-14;1-3-2/h6-9,18,20H,4-5,10-16H2,1-3H3;1-5,16H,6-14H2,(H,19,22);2-3,6-7,16H,4-5,8-14H2,1H3;2-5,16H,6-10H2,1H3,(H,17,20);2-5,15H,1,6-11H2;. The van der Waals surface area contributed by atoms with Crippen LogP contribution in [0.4, 0.5) is 5.69 Å². The lowest BCUT2D eigenvalue weighted by molar-refractivity contribution is -0.384. The van der Waals surface area contributed by atoms with Gasteiger partial charge in [0, 0.05) is 160 Å². The number of non-ortho nitro benzene ring substituents is 1. The van der Waals surface area contributed by atoms with Gasteiger partial charge in [-0.15, -0.1) is 0 Å². The van der Waals surface area contributed by atoms with E-state index in [2.05, 4.69) is 65.1 Å². The summed E-state index contributed by atoms with van der Waals surface area (Å²) in [5.41, 5.74) is 0.432. The normalized spacial score (nSPS) is 23.5. The number of hydrogen-bond donors (Lipinski definition) is 4. The Bertz CT molecular complexity index is 5060. The first kappa shape index (κ1) is 95.4. The lowest BCUT2D eigenvalue weighted by atomic mass is 9.95. The highest BCUT2D eigenvalue weighted by Crippen LogP contribution is 2.45. The van der Waals surface area contributed by atoms with Gasteiger partial charge in [0.05, 0.1) is 62.6 Å². The second-order valence-corrected chi connectivity index (χ2v) is 43.3. The molecule has 0 bridgehead atoms. The van der Waals surface area contributed by atoms with Crippen LogP contribution in [0.1, 0.15) is 155 Å². The Morgan fingerprint density at radius 2 is 0.960 bits per heavy atom. The maximum Gasteiger partial charge on any atom is 0.335 e. The van der Waals surface area contributed by atoms with E-state index in [1.54, 1.807) is 45.0 Å². The van der Waals surface area contributed by atoms with Gasteiger partial charge < -0.3 is 49.8 Å². The quantitative estimate of drug-likeness (QED) is 0.0342. The number of Topliss-reactive ketones (excluding diaryl/α,β-unsaturated/α-hetero) is 2. The summed E-state index contributed by atoms with van der Waals surface area (Å²) in [7, 11) is -10.7. The van der Waals surface area contributed by atoms with E-state index in [1.807, 2.05) is 44.1 Å². The number of piperidine rings is 5. The van der Waals surface area contributed by atoms with E-state index < -0.39 is 79.4 Å². The number of sulfonamides is 4. The molecule has 1 unspecified atom stereocenters. The van der Waals surface area contributed by atoms with Crippen LogP contribution in [0.5, 0.6) is 0 Å². The van der Waals surface area contributed by atoms with E-state index in [4.69, 9.17) is 22.6 Å². The summed E-state index contributed by atoms with van der Waals surface area (Å²) in [5.74, 6) is 2.35. The molecule has 5 spiro atoms. The monoisotopic (exact) mass is 1830 g/mol. The van der Waals surface area contributed by atoms with E-state index in [9.17, 15) is 63.0 Å². The van der Waals surface area contributed by atoms with Crippen molar-refractivity contribution < 1.29 is 80.4 Å². The van der Waals surface area contributed by atoms with Gasteiger partial charge in [-0.05, 0) is 197 Å². The average molecular weight is 1830 g/mol. The number of amides is 2. The van der Waals surface area contributed by atoms with Crippen LogP contribution in [0.2, 0.25) is 0 Å². The highest BCUT2D eigenvalue weighted by atomic mass is 32.2. The number of likely N-dealkylation sites (N-methyl/N-ethyl adjacent to an activating group) is 1. The number of nitro benzene ring substituents is 1. The third-order valence-electron chi connectivity index (χ3n) is 26.3. The molecule has 10 saturated heterocycles. The van der Waals surface area contributed by atoms with Crippen LogP contribution in [0.15, 0.2) is 147 Å². The zero-order chi connectivity index (χ0) is 89.2. The molecule has 4 N–H and O–H groups in total. The van der Waals surface area contributed by atoms with Crippen molar-refractivity contribution >= 4 is 80.7 Å². The van der Waals surface area contributed by atoms with E-state index in [0.29, 0.717) is 120 Å². The van der Waals surface area contributed by atoms with E-state index in [0.717, 1.165) is 114 Å². The summed E-state index contributed by atoms with van der Waals surface area (Å²) in [6.07, 6.45) is 16.3. The van der Waals surface area contributed by atoms with Gasteiger partial charge in [0.1, 0.15) is 22.8 Å². The molecule has 13 aliphatic rings. The summed E-state index contributed by atoms with van der Waals surface area (Å²) < 4.78 is 145. The van der Waals surface area contributed by atoms with Crippen LogP contribution in [0.25, 0.3) is 0 Å². The molecule has 0 aromatic heterocycles. The molecule has 10 aliphatic heterocycles. The Kier molecular flexibility index (Phi) is 31.2. The Labute approximate surface area is 739 Å². The molecule has 38 heteroatoms. The number of benzene rings is 5. The Morgan fingerprint density at radius 3 is 1.43 bits per heavy atom. The van der Waals surface area contributed by atoms with Gasteiger partial charge in [-0.2, -0.15) is 25.6 Å². The molecule has 3 aliphatic carbocycles. The third-order valence-corrected chi connectivity index (χ3v) is 34.0. The third kappa shape index (κ3) is 23.5. The summed E-state index contributed by atoms with van der Waals surface area (Å²) in [6, 6.07) is 34.7.